The zero-order valence-corrected chi connectivity index (χ0v) is 22.1. The second-order valence-electron chi connectivity index (χ2n) is 9.72. The lowest BCUT2D eigenvalue weighted by Crippen LogP contribution is -2.38. The fraction of sp³-hybridized carbons (Fsp3) is 0.345. The Kier molecular flexibility index (Phi) is 7.36. The van der Waals surface area contributed by atoms with Crippen LogP contribution in [0.5, 0.6) is 0 Å². The maximum Gasteiger partial charge on any atom is 0.339 e. The van der Waals surface area contributed by atoms with Gasteiger partial charge in [-0.3, -0.25) is 9.78 Å². The van der Waals surface area contributed by atoms with E-state index in [1.54, 1.807) is 16.6 Å². The van der Waals surface area contributed by atoms with E-state index >= 15 is 4.39 Å². The second-order valence-corrected chi connectivity index (χ2v) is 9.72. The van der Waals surface area contributed by atoms with Crippen molar-refractivity contribution in [2.75, 3.05) is 13.7 Å². The Balaban J connectivity index is 1.48. The van der Waals surface area contributed by atoms with Crippen LogP contribution in [-0.4, -0.2) is 56.1 Å². The highest BCUT2D eigenvalue weighted by molar-refractivity contribution is 5.93. The van der Waals surface area contributed by atoms with E-state index in [1.165, 1.54) is 31.5 Å². The molecule has 1 aliphatic rings. The van der Waals surface area contributed by atoms with Gasteiger partial charge in [0.15, 0.2) is 5.65 Å². The van der Waals surface area contributed by atoms with E-state index in [1.807, 2.05) is 11.8 Å². The predicted octanol–water partition coefficient (Wildman–Crippen LogP) is 5.49. The molecule has 1 atom stereocenters. The first-order valence-electron chi connectivity index (χ1n) is 13.1. The maximum atomic E-state index is 15.3. The molecule has 39 heavy (non-hydrogen) atoms. The van der Waals surface area contributed by atoms with E-state index < -0.39 is 17.6 Å². The largest absolute Gasteiger partial charge is 0.465 e. The zero-order valence-electron chi connectivity index (χ0n) is 22.1. The van der Waals surface area contributed by atoms with Crippen molar-refractivity contribution in [1.82, 2.24) is 24.5 Å². The van der Waals surface area contributed by atoms with Crippen LogP contribution in [0.25, 0.3) is 28.2 Å². The highest BCUT2D eigenvalue weighted by Crippen LogP contribution is 2.29. The van der Waals surface area contributed by atoms with Gasteiger partial charge in [0, 0.05) is 41.7 Å². The molecular weight excluding hydrogens is 504 g/mol. The minimum absolute atomic E-state index is 0.0390. The number of benzene rings is 1. The van der Waals surface area contributed by atoms with Gasteiger partial charge in [-0.15, -0.1) is 0 Å². The zero-order chi connectivity index (χ0) is 27.7. The van der Waals surface area contributed by atoms with E-state index in [9.17, 15) is 14.0 Å². The van der Waals surface area contributed by atoms with Crippen LogP contribution in [0.1, 0.15) is 66.1 Å². The van der Waals surface area contributed by atoms with E-state index in [0.29, 0.717) is 30.0 Å². The third-order valence-electron chi connectivity index (χ3n) is 7.18. The summed E-state index contributed by atoms with van der Waals surface area (Å²) < 4.78 is 36.2. The number of hydrogen-bond donors (Lipinski definition) is 0. The van der Waals surface area contributed by atoms with Gasteiger partial charge in [0.25, 0.3) is 5.91 Å². The molecule has 202 valence electrons. The van der Waals surface area contributed by atoms with Crippen LogP contribution in [0.2, 0.25) is 0 Å². The molecule has 1 amide bonds. The van der Waals surface area contributed by atoms with Crippen molar-refractivity contribution in [3.05, 3.63) is 71.2 Å². The molecule has 1 aliphatic heterocycles. The summed E-state index contributed by atoms with van der Waals surface area (Å²) in [5, 5.41) is 4.57. The number of aromatic nitrogens is 4. The van der Waals surface area contributed by atoms with Crippen LogP contribution in [0.15, 0.2) is 42.6 Å². The smallest absolute Gasteiger partial charge is 0.339 e. The van der Waals surface area contributed by atoms with Crippen LogP contribution in [0, 0.1) is 11.6 Å². The Bertz CT molecular complexity index is 1570. The number of hydrogen-bond acceptors (Lipinski definition) is 6. The molecule has 10 heteroatoms. The Hall–Kier alpha value is -4.21. The van der Waals surface area contributed by atoms with Gasteiger partial charge < -0.3 is 9.64 Å². The first-order valence-corrected chi connectivity index (χ1v) is 13.1. The number of aryl methyl sites for hydroxylation is 1. The van der Waals surface area contributed by atoms with Crippen LogP contribution >= 0.6 is 0 Å². The maximum absolute atomic E-state index is 15.3. The van der Waals surface area contributed by atoms with Crippen molar-refractivity contribution in [2.45, 2.75) is 52.0 Å². The molecule has 8 nitrogen and oxygen atoms in total. The highest BCUT2D eigenvalue weighted by atomic mass is 19.1. The highest BCUT2D eigenvalue weighted by Gasteiger charge is 2.25. The number of ether oxygens (including phenoxy) is 1. The number of methoxy groups -OCH3 is 1. The number of likely N-dealkylation sites (tertiary alicyclic amines) is 1. The summed E-state index contributed by atoms with van der Waals surface area (Å²) in [6.45, 7) is 4.74. The summed E-state index contributed by atoms with van der Waals surface area (Å²) in [5.41, 5.74) is 2.20. The summed E-state index contributed by atoms with van der Waals surface area (Å²) in [7, 11) is 1.19. The predicted molar refractivity (Wildman–Crippen MR) is 141 cm³/mol. The Labute approximate surface area is 224 Å². The molecule has 4 heterocycles. The fourth-order valence-corrected chi connectivity index (χ4v) is 5.00. The summed E-state index contributed by atoms with van der Waals surface area (Å²) in [5.74, 6) is -2.22. The van der Waals surface area contributed by atoms with Crippen LogP contribution in [0.4, 0.5) is 8.78 Å². The lowest BCUT2D eigenvalue weighted by molar-refractivity contribution is 0.0599. The molecule has 3 aromatic heterocycles. The number of carbonyl (C=O) groups excluding carboxylic acids is 2. The van der Waals surface area contributed by atoms with Gasteiger partial charge in [-0.05, 0) is 50.5 Å². The lowest BCUT2D eigenvalue weighted by atomic mass is 10.0. The summed E-state index contributed by atoms with van der Waals surface area (Å²) in [6, 6.07) is 8.76. The molecule has 0 N–H and O–H groups in total. The van der Waals surface area contributed by atoms with Gasteiger partial charge in [-0.25, -0.2) is 23.1 Å². The number of nitrogens with zero attached hydrogens (tertiary/aromatic N) is 5. The molecule has 4 aromatic rings. The van der Waals surface area contributed by atoms with Crippen LogP contribution in [-0.2, 0) is 11.2 Å². The summed E-state index contributed by atoms with van der Waals surface area (Å²) in [4.78, 5) is 35.5. The van der Waals surface area contributed by atoms with Gasteiger partial charge in [-0.2, -0.15) is 5.10 Å². The van der Waals surface area contributed by atoms with Gasteiger partial charge >= 0.3 is 5.97 Å². The van der Waals surface area contributed by atoms with Crippen molar-refractivity contribution >= 4 is 17.5 Å². The quantitative estimate of drug-likeness (QED) is 0.315. The Morgan fingerprint density at radius 2 is 1.90 bits per heavy atom. The standard InChI is InChI=1S/C29H29F2N5O3/c1-4-20-14-25(28(37)35-11-7-5-6-8-17(35)2)33-26-15-24(34-36(20)26)21-10-9-18(12-22(21)30)27-23(31)13-19(16-32-27)29(38)39-3/h9-10,12-17H,4-8,11H2,1-3H3/t17-/m1/s1. The van der Waals surface area contributed by atoms with Crippen LogP contribution < -0.4 is 0 Å². The number of esters is 1. The number of halogens is 2. The Morgan fingerprint density at radius 1 is 1.08 bits per heavy atom. The first-order chi connectivity index (χ1) is 18.8. The number of pyridine rings is 1. The Morgan fingerprint density at radius 3 is 2.62 bits per heavy atom. The number of rotatable bonds is 5. The minimum atomic E-state index is -0.773. The fourth-order valence-electron chi connectivity index (χ4n) is 5.00. The normalized spacial score (nSPS) is 15.8. The third kappa shape index (κ3) is 5.10. The van der Waals surface area contributed by atoms with Crippen LogP contribution in [0.3, 0.4) is 0 Å². The first kappa shape index (κ1) is 26.4. The number of amides is 1. The van der Waals surface area contributed by atoms with Crippen molar-refractivity contribution in [1.29, 1.82) is 0 Å². The van der Waals surface area contributed by atoms with E-state index in [-0.39, 0.29) is 34.3 Å². The van der Waals surface area contributed by atoms with Crippen molar-refractivity contribution in [2.24, 2.45) is 0 Å². The monoisotopic (exact) mass is 533 g/mol. The van der Waals surface area contributed by atoms with E-state index in [0.717, 1.165) is 37.4 Å². The molecule has 1 aromatic carbocycles. The van der Waals surface area contributed by atoms with Crippen molar-refractivity contribution < 1.29 is 23.1 Å². The third-order valence-corrected chi connectivity index (χ3v) is 7.18. The second kappa shape index (κ2) is 10.9. The molecule has 0 saturated carbocycles. The van der Waals surface area contributed by atoms with Crippen molar-refractivity contribution in [3.8, 4) is 22.5 Å². The molecular formula is C29H29F2N5O3. The number of carbonyl (C=O) groups is 2. The molecule has 1 saturated heterocycles. The summed E-state index contributed by atoms with van der Waals surface area (Å²) in [6.07, 6.45) is 5.94. The molecule has 0 aliphatic carbocycles. The van der Waals surface area contributed by atoms with E-state index in [2.05, 4.69) is 26.7 Å². The van der Waals surface area contributed by atoms with Gasteiger partial charge in [0.2, 0.25) is 0 Å². The average molecular weight is 534 g/mol. The molecule has 0 spiro atoms. The molecule has 0 unspecified atom stereocenters. The molecule has 5 rings (SSSR count). The molecule has 0 bridgehead atoms. The number of fused-ring (bicyclic) bond motifs is 1. The topological polar surface area (TPSA) is 89.7 Å². The minimum Gasteiger partial charge on any atom is -0.465 e. The van der Waals surface area contributed by atoms with Gasteiger partial charge in [0.1, 0.15) is 23.0 Å². The summed E-state index contributed by atoms with van der Waals surface area (Å²) >= 11 is 0. The van der Waals surface area contributed by atoms with E-state index in [4.69, 9.17) is 0 Å². The van der Waals surface area contributed by atoms with Gasteiger partial charge in [-0.1, -0.05) is 25.8 Å². The SMILES string of the molecule is CCc1cc(C(=O)N2CCCCC[C@H]2C)nc2cc(-c3ccc(-c4ncc(C(=O)OC)cc4F)cc3F)nn12. The molecule has 1 fully saturated rings. The molecule has 0 radical (unpaired) electrons. The average Bonchev–Trinajstić information content (AvgIpc) is 3.25. The lowest BCUT2D eigenvalue weighted by Gasteiger charge is -2.27. The van der Waals surface area contributed by atoms with Crippen molar-refractivity contribution in [3.63, 3.8) is 0 Å². The van der Waals surface area contributed by atoms with Gasteiger partial charge in [0.05, 0.1) is 18.4 Å².